The molecule has 0 radical (unpaired) electrons. The predicted octanol–water partition coefficient (Wildman–Crippen LogP) is 4.58. The minimum Gasteiger partial charge on any atom is -0.494 e. The van der Waals surface area contributed by atoms with E-state index in [1.165, 1.54) is 31.3 Å². The van der Waals surface area contributed by atoms with Gasteiger partial charge in [0.05, 0.1) is 27.9 Å². The number of amides is 1. The van der Waals surface area contributed by atoms with E-state index in [0.29, 0.717) is 18.0 Å². The number of rotatable bonds is 8. The van der Waals surface area contributed by atoms with Gasteiger partial charge in [-0.05, 0) is 49.4 Å². The summed E-state index contributed by atoms with van der Waals surface area (Å²) in [6.07, 6.45) is 0. The van der Waals surface area contributed by atoms with E-state index >= 15 is 0 Å². The highest BCUT2D eigenvalue weighted by molar-refractivity contribution is 7.93. The van der Waals surface area contributed by atoms with Crippen LogP contribution in [-0.2, 0) is 10.0 Å². The molecule has 0 saturated heterocycles. The van der Waals surface area contributed by atoms with Crippen molar-refractivity contribution in [3.8, 4) is 5.75 Å². The molecule has 2 aromatic carbocycles. The molecule has 0 aliphatic carbocycles. The number of thiophene rings is 1. The lowest BCUT2D eigenvalue weighted by Gasteiger charge is -2.20. The van der Waals surface area contributed by atoms with E-state index < -0.39 is 21.9 Å². The fourth-order valence-corrected chi connectivity index (χ4v) is 5.74. The largest absolute Gasteiger partial charge is 0.494 e. The quantitative estimate of drug-likeness (QED) is 0.474. The third-order valence-electron chi connectivity index (χ3n) is 4.43. The molecule has 8 nitrogen and oxygen atoms in total. The number of halogens is 1. The number of aromatic carboxylic acids is 1. The van der Waals surface area contributed by atoms with Gasteiger partial charge in [-0.15, -0.1) is 11.3 Å². The number of carboxylic acid groups (broad SMARTS) is 1. The van der Waals surface area contributed by atoms with Crippen molar-refractivity contribution in [3.05, 3.63) is 69.4 Å². The third kappa shape index (κ3) is 4.87. The molecule has 3 rings (SSSR count). The molecule has 3 aromatic rings. The van der Waals surface area contributed by atoms with Crippen LogP contribution < -0.4 is 14.4 Å². The number of sulfonamides is 1. The van der Waals surface area contributed by atoms with Gasteiger partial charge in [0.15, 0.2) is 0 Å². The molecule has 0 spiro atoms. The Morgan fingerprint density at radius 1 is 1.16 bits per heavy atom. The maximum atomic E-state index is 13.3. The first kappa shape index (κ1) is 23.6. The Hall–Kier alpha value is -3.08. The highest BCUT2D eigenvalue weighted by atomic mass is 35.5. The summed E-state index contributed by atoms with van der Waals surface area (Å²) in [7, 11) is -2.79. The Labute approximate surface area is 194 Å². The van der Waals surface area contributed by atoms with E-state index in [1.807, 2.05) is 6.92 Å². The second kappa shape index (κ2) is 9.60. The van der Waals surface area contributed by atoms with E-state index in [-0.39, 0.29) is 25.4 Å². The topological polar surface area (TPSA) is 113 Å². The molecular formula is C21H19ClN2O6S2. The van der Waals surface area contributed by atoms with Gasteiger partial charge in [0.2, 0.25) is 0 Å². The monoisotopic (exact) mass is 494 g/mol. The van der Waals surface area contributed by atoms with E-state index in [0.717, 1.165) is 15.6 Å². The van der Waals surface area contributed by atoms with Gasteiger partial charge in [0.1, 0.15) is 15.5 Å². The number of carbonyl (C=O) groups excluding carboxylic acids is 1. The van der Waals surface area contributed by atoms with Crippen molar-refractivity contribution in [1.29, 1.82) is 0 Å². The summed E-state index contributed by atoms with van der Waals surface area (Å²) in [6, 6.07) is 13.5. The van der Waals surface area contributed by atoms with Gasteiger partial charge in [-0.1, -0.05) is 23.7 Å². The fraction of sp³-hybridized carbons (Fsp3) is 0.143. The highest BCUT2D eigenvalue weighted by Crippen LogP contribution is 2.34. The van der Waals surface area contributed by atoms with Gasteiger partial charge in [-0.3, -0.25) is 9.10 Å². The number of nitrogens with zero attached hydrogens (tertiary/aromatic N) is 1. The molecule has 0 bridgehead atoms. The summed E-state index contributed by atoms with van der Waals surface area (Å²) in [5, 5.41) is 11.8. The summed E-state index contributed by atoms with van der Waals surface area (Å²) in [4.78, 5) is 23.9. The summed E-state index contributed by atoms with van der Waals surface area (Å²) >= 11 is 6.84. The number of nitrogens with one attached hydrogen (secondary N) is 1. The van der Waals surface area contributed by atoms with Crippen molar-refractivity contribution in [2.24, 2.45) is 0 Å². The minimum absolute atomic E-state index is 0.0396. The van der Waals surface area contributed by atoms with Gasteiger partial charge in [0, 0.05) is 7.05 Å². The van der Waals surface area contributed by atoms with Crippen LogP contribution in [0.4, 0.5) is 11.4 Å². The lowest BCUT2D eigenvalue weighted by molar-refractivity contribution is 0.0698. The zero-order valence-electron chi connectivity index (χ0n) is 17.0. The second-order valence-corrected chi connectivity index (χ2v) is 10.1. The molecule has 1 heterocycles. The molecule has 0 unspecified atom stereocenters. The summed E-state index contributed by atoms with van der Waals surface area (Å²) < 4.78 is 33.1. The molecule has 1 aromatic heterocycles. The van der Waals surface area contributed by atoms with Gasteiger partial charge in [-0.2, -0.15) is 0 Å². The van der Waals surface area contributed by atoms with Crippen LogP contribution in [0.25, 0.3) is 0 Å². The normalized spacial score (nSPS) is 11.1. The third-order valence-corrected chi connectivity index (χ3v) is 7.63. The van der Waals surface area contributed by atoms with Crippen molar-refractivity contribution in [1.82, 2.24) is 0 Å². The van der Waals surface area contributed by atoms with E-state index in [9.17, 15) is 23.1 Å². The first-order valence-electron chi connectivity index (χ1n) is 9.30. The van der Waals surface area contributed by atoms with Crippen LogP contribution in [0.1, 0.15) is 27.0 Å². The van der Waals surface area contributed by atoms with E-state index in [2.05, 4.69) is 5.32 Å². The maximum Gasteiger partial charge on any atom is 0.337 e. The molecule has 0 aliphatic rings. The Morgan fingerprint density at radius 2 is 1.81 bits per heavy atom. The number of ether oxygens (including phenoxy) is 1. The summed E-state index contributed by atoms with van der Waals surface area (Å²) in [6.45, 7) is 2.32. The number of benzene rings is 2. The number of anilines is 2. The summed E-state index contributed by atoms with van der Waals surface area (Å²) in [5.41, 5.74) is 0.274. The zero-order valence-corrected chi connectivity index (χ0v) is 19.4. The average molecular weight is 495 g/mol. The Bertz CT molecular complexity index is 1260. The van der Waals surface area contributed by atoms with Crippen LogP contribution in [0.3, 0.4) is 0 Å². The minimum atomic E-state index is -4.15. The van der Waals surface area contributed by atoms with Crippen LogP contribution in [-0.4, -0.2) is 39.1 Å². The molecule has 168 valence electrons. The van der Waals surface area contributed by atoms with Gasteiger partial charge in [0.25, 0.3) is 15.9 Å². The molecule has 1 amide bonds. The van der Waals surface area contributed by atoms with Gasteiger partial charge >= 0.3 is 5.97 Å². The summed E-state index contributed by atoms with van der Waals surface area (Å²) in [5.74, 6) is -1.42. The fourth-order valence-electron chi connectivity index (χ4n) is 2.86. The molecule has 0 saturated carbocycles. The number of hydrogen-bond donors (Lipinski definition) is 2. The van der Waals surface area contributed by atoms with Crippen molar-refractivity contribution < 1.29 is 27.9 Å². The number of carbonyl (C=O) groups is 2. The molecule has 0 aliphatic heterocycles. The second-order valence-electron chi connectivity index (χ2n) is 6.45. The molecule has 0 atom stereocenters. The van der Waals surface area contributed by atoms with Crippen LogP contribution in [0.15, 0.2) is 59.5 Å². The maximum absolute atomic E-state index is 13.3. The number of carboxylic acids is 1. The molecule has 0 fully saturated rings. The first-order chi connectivity index (χ1) is 15.1. The lowest BCUT2D eigenvalue weighted by Crippen LogP contribution is -2.28. The zero-order chi connectivity index (χ0) is 23.5. The Balaban J connectivity index is 1.94. The Morgan fingerprint density at radius 3 is 2.44 bits per heavy atom. The standard InChI is InChI=1S/C21H19ClN2O6S2/c1-3-30-14-10-8-13(9-11-14)24(2)32(28,29)17-12-18(22)31-19(17)20(25)23-16-7-5-4-6-15(16)21(26)27/h4-12H,3H2,1-2H3,(H,23,25)(H,26,27). The highest BCUT2D eigenvalue weighted by Gasteiger charge is 2.30. The van der Waals surface area contributed by atoms with Crippen molar-refractivity contribution in [2.75, 3.05) is 23.3 Å². The smallest absolute Gasteiger partial charge is 0.337 e. The van der Waals surface area contributed by atoms with Crippen molar-refractivity contribution in [2.45, 2.75) is 11.8 Å². The lowest BCUT2D eigenvalue weighted by atomic mass is 10.2. The molecule has 32 heavy (non-hydrogen) atoms. The van der Waals surface area contributed by atoms with Crippen LogP contribution >= 0.6 is 22.9 Å². The Kier molecular flexibility index (Phi) is 7.07. The molecule has 2 N–H and O–H groups in total. The number of para-hydroxylation sites is 1. The van der Waals surface area contributed by atoms with Gasteiger partial charge < -0.3 is 15.2 Å². The van der Waals surface area contributed by atoms with Crippen molar-refractivity contribution >= 4 is 56.2 Å². The molecule has 11 heteroatoms. The van der Waals surface area contributed by atoms with E-state index in [1.54, 1.807) is 30.3 Å². The average Bonchev–Trinajstić information content (AvgIpc) is 3.17. The van der Waals surface area contributed by atoms with Crippen LogP contribution in [0.5, 0.6) is 5.75 Å². The van der Waals surface area contributed by atoms with Crippen LogP contribution in [0, 0.1) is 0 Å². The molecular weight excluding hydrogens is 476 g/mol. The van der Waals surface area contributed by atoms with E-state index in [4.69, 9.17) is 16.3 Å². The number of hydrogen-bond acceptors (Lipinski definition) is 6. The van der Waals surface area contributed by atoms with Crippen LogP contribution in [0.2, 0.25) is 4.34 Å². The predicted molar refractivity (Wildman–Crippen MR) is 124 cm³/mol. The van der Waals surface area contributed by atoms with Gasteiger partial charge in [-0.25, -0.2) is 13.2 Å². The first-order valence-corrected chi connectivity index (χ1v) is 11.9. The van der Waals surface area contributed by atoms with Crippen molar-refractivity contribution in [3.63, 3.8) is 0 Å². The SMILES string of the molecule is CCOc1ccc(N(C)S(=O)(=O)c2cc(Cl)sc2C(=O)Nc2ccccc2C(=O)O)cc1.